The van der Waals surface area contributed by atoms with Crippen LogP contribution in [0.3, 0.4) is 0 Å². The van der Waals surface area contributed by atoms with Crippen molar-refractivity contribution in [1.29, 1.82) is 0 Å². The Hall–Kier alpha value is -1.36. The minimum absolute atomic E-state index is 0.0456. The molecular formula is C12H12BrNO3. The van der Waals surface area contributed by atoms with Crippen molar-refractivity contribution in [3.05, 3.63) is 28.2 Å². The maximum absolute atomic E-state index is 12.0. The highest BCUT2D eigenvalue weighted by Gasteiger charge is 2.44. The highest BCUT2D eigenvalue weighted by atomic mass is 79.9. The molecule has 2 rings (SSSR count). The van der Waals surface area contributed by atoms with E-state index in [-0.39, 0.29) is 12.3 Å². The molecule has 0 fully saturated rings. The lowest BCUT2D eigenvalue weighted by atomic mass is 9.81. The van der Waals surface area contributed by atoms with Crippen LogP contribution in [-0.2, 0) is 19.7 Å². The van der Waals surface area contributed by atoms with Crippen LogP contribution in [0.4, 0.5) is 5.69 Å². The molecule has 4 nitrogen and oxygen atoms in total. The van der Waals surface area contributed by atoms with Gasteiger partial charge in [0.25, 0.3) is 0 Å². The highest BCUT2D eigenvalue weighted by molar-refractivity contribution is 9.10. The normalized spacial score (nSPS) is 21.9. The average molecular weight is 298 g/mol. The molecule has 1 atom stereocenters. The van der Waals surface area contributed by atoms with Gasteiger partial charge >= 0.3 is 5.97 Å². The van der Waals surface area contributed by atoms with E-state index in [1.807, 2.05) is 18.2 Å². The van der Waals surface area contributed by atoms with E-state index < -0.39 is 11.4 Å². The topological polar surface area (TPSA) is 55.4 Å². The number of carbonyl (C=O) groups is 2. The van der Waals surface area contributed by atoms with Crippen LogP contribution in [0.1, 0.15) is 18.9 Å². The Morgan fingerprint density at radius 2 is 2.24 bits per heavy atom. The summed E-state index contributed by atoms with van der Waals surface area (Å²) in [7, 11) is 1.32. The van der Waals surface area contributed by atoms with Crippen LogP contribution in [0.5, 0.6) is 0 Å². The lowest BCUT2D eigenvalue weighted by Crippen LogP contribution is -2.33. The smallest absolute Gasteiger partial charge is 0.306 e. The first kappa shape index (κ1) is 12.1. The van der Waals surface area contributed by atoms with Crippen LogP contribution in [0, 0.1) is 0 Å². The summed E-state index contributed by atoms with van der Waals surface area (Å²) in [6, 6.07) is 5.53. The van der Waals surface area contributed by atoms with Gasteiger partial charge in [-0.25, -0.2) is 0 Å². The van der Waals surface area contributed by atoms with Crippen molar-refractivity contribution in [3.63, 3.8) is 0 Å². The fraction of sp³-hybridized carbons (Fsp3) is 0.333. The number of benzene rings is 1. The Morgan fingerprint density at radius 3 is 2.88 bits per heavy atom. The molecule has 0 spiro atoms. The zero-order chi connectivity index (χ0) is 12.6. The first-order valence-electron chi connectivity index (χ1n) is 5.15. The van der Waals surface area contributed by atoms with Crippen LogP contribution in [0.15, 0.2) is 22.7 Å². The van der Waals surface area contributed by atoms with E-state index in [4.69, 9.17) is 0 Å². The second kappa shape index (κ2) is 4.14. The second-order valence-electron chi connectivity index (χ2n) is 4.23. The third-order valence-corrected chi connectivity index (χ3v) is 3.54. The molecule has 1 amide bonds. The monoisotopic (exact) mass is 297 g/mol. The fourth-order valence-corrected chi connectivity index (χ4v) is 2.38. The van der Waals surface area contributed by atoms with E-state index in [0.717, 1.165) is 15.7 Å². The number of methoxy groups -OCH3 is 1. The maximum Gasteiger partial charge on any atom is 0.306 e. The Balaban J connectivity index is 2.43. The largest absolute Gasteiger partial charge is 0.469 e. The summed E-state index contributed by atoms with van der Waals surface area (Å²) in [5.41, 5.74) is 0.732. The van der Waals surface area contributed by atoms with Crippen LogP contribution in [-0.4, -0.2) is 19.0 Å². The quantitative estimate of drug-likeness (QED) is 0.852. The lowest BCUT2D eigenvalue weighted by Gasteiger charge is -2.20. The van der Waals surface area contributed by atoms with Gasteiger partial charge in [-0.3, -0.25) is 9.59 Å². The molecule has 1 N–H and O–H groups in total. The van der Waals surface area contributed by atoms with Crippen LogP contribution in [0.2, 0.25) is 0 Å². The van der Waals surface area contributed by atoms with Crippen LogP contribution in [0.25, 0.3) is 0 Å². The third kappa shape index (κ3) is 1.95. The number of hydrogen-bond donors (Lipinski definition) is 1. The minimum atomic E-state index is -0.844. The van der Waals surface area contributed by atoms with E-state index in [0.29, 0.717) is 0 Å². The van der Waals surface area contributed by atoms with Crippen molar-refractivity contribution in [1.82, 2.24) is 0 Å². The van der Waals surface area contributed by atoms with Gasteiger partial charge in [-0.2, -0.15) is 0 Å². The molecule has 0 saturated heterocycles. The molecule has 90 valence electrons. The molecule has 1 unspecified atom stereocenters. The summed E-state index contributed by atoms with van der Waals surface area (Å²) in [5.74, 6) is -0.561. The molecule has 0 bridgehead atoms. The average Bonchev–Trinajstić information content (AvgIpc) is 2.50. The van der Waals surface area contributed by atoms with Gasteiger partial charge in [0, 0.05) is 10.2 Å². The standard InChI is InChI=1S/C12H12BrNO3/c1-12(6-10(15)17-2)8-4-3-7(13)5-9(8)14-11(12)16/h3-5H,6H2,1-2H3,(H,14,16). The van der Waals surface area contributed by atoms with E-state index in [9.17, 15) is 9.59 Å². The summed E-state index contributed by atoms with van der Waals surface area (Å²) >= 11 is 3.34. The molecule has 0 aliphatic carbocycles. The van der Waals surface area contributed by atoms with E-state index >= 15 is 0 Å². The predicted octanol–water partition coefficient (Wildman–Crippen LogP) is 2.22. The Labute approximate surface area is 107 Å². The summed E-state index contributed by atoms with van der Waals surface area (Å²) in [5, 5.41) is 2.78. The number of halogens is 1. The Bertz CT molecular complexity index is 501. The van der Waals surface area contributed by atoms with Crippen molar-refractivity contribution >= 4 is 33.5 Å². The molecule has 0 radical (unpaired) electrons. The zero-order valence-corrected chi connectivity index (χ0v) is 11.1. The lowest BCUT2D eigenvalue weighted by molar-refractivity contribution is -0.143. The molecule has 0 aromatic heterocycles. The number of anilines is 1. The molecule has 1 heterocycles. The number of esters is 1. The number of amides is 1. The summed E-state index contributed by atoms with van der Waals surface area (Å²) in [6.07, 6.45) is 0.0456. The fourth-order valence-electron chi connectivity index (χ4n) is 2.02. The number of rotatable bonds is 2. The van der Waals surface area contributed by atoms with Gasteiger partial charge in [-0.05, 0) is 24.6 Å². The number of carbonyl (C=O) groups excluding carboxylic acids is 2. The van der Waals surface area contributed by atoms with Crippen molar-refractivity contribution in [3.8, 4) is 0 Å². The van der Waals surface area contributed by atoms with Gasteiger partial charge in [-0.1, -0.05) is 22.0 Å². The second-order valence-corrected chi connectivity index (χ2v) is 5.14. The molecule has 1 aliphatic rings. The first-order chi connectivity index (χ1) is 7.97. The van der Waals surface area contributed by atoms with Crippen molar-refractivity contribution in [2.75, 3.05) is 12.4 Å². The van der Waals surface area contributed by atoms with Gasteiger partial charge in [0.05, 0.1) is 18.9 Å². The molecular weight excluding hydrogens is 286 g/mol. The zero-order valence-electron chi connectivity index (χ0n) is 9.54. The maximum atomic E-state index is 12.0. The molecule has 5 heteroatoms. The van der Waals surface area contributed by atoms with Crippen molar-refractivity contribution in [2.45, 2.75) is 18.8 Å². The van der Waals surface area contributed by atoms with Crippen LogP contribution < -0.4 is 5.32 Å². The van der Waals surface area contributed by atoms with Gasteiger partial charge < -0.3 is 10.1 Å². The number of fused-ring (bicyclic) bond motifs is 1. The van der Waals surface area contributed by atoms with Crippen LogP contribution >= 0.6 is 15.9 Å². The van der Waals surface area contributed by atoms with Crippen molar-refractivity contribution < 1.29 is 14.3 Å². The number of ether oxygens (including phenoxy) is 1. The molecule has 0 saturated carbocycles. The summed E-state index contributed by atoms with van der Waals surface area (Å²) in [6.45, 7) is 1.75. The van der Waals surface area contributed by atoms with E-state index in [2.05, 4.69) is 26.0 Å². The van der Waals surface area contributed by atoms with E-state index in [1.165, 1.54) is 7.11 Å². The summed E-state index contributed by atoms with van der Waals surface area (Å²) < 4.78 is 5.52. The Kier molecular flexibility index (Phi) is 2.95. The molecule has 1 aliphatic heterocycles. The first-order valence-corrected chi connectivity index (χ1v) is 5.95. The Morgan fingerprint density at radius 1 is 1.53 bits per heavy atom. The highest BCUT2D eigenvalue weighted by Crippen LogP contribution is 2.41. The SMILES string of the molecule is COC(=O)CC1(C)C(=O)Nc2cc(Br)ccc21. The molecule has 1 aromatic rings. The van der Waals surface area contributed by atoms with Gasteiger partial charge in [0.2, 0.25) is 5.91 Å². The minimum Gasteiger partial charge on any atom is -0.469 e. The van der Waals surface area contributed by atoms with E-state index in [1.54, 1.807) is 6.92 Å². The van der Waals surface area contributed by atoms with Gasteiger partial charge in [0.15, 0.2) is 0 Å². The summed E-state index contributed by atoms with van der Waals surface area (Å²) in [4.78, 5) is 23.4. The predicted molar refractivity (Wildman–Crippen MR) is 66.8 cm³/mol. The van der Waals surface area contributed by atoms with Gasteiger partial charge in [0.1, 0.15) is 0 Å². The molecule has 1 aromatic carbocycles. The van der Waals surface area contributed by atoms with Crippen molar-refractivity contribution in [2.24, 2.45) is 0 Å². The number of hydrogen-bond acceptors (Lipinski definition) is 3. The molecule has 17 heavy (non-hydrogen) atoms. The van der Waals surface area contributed by atoms with Gasteiger partial charge in [-0.15, -0.1) is 0 Å². The number of nitrogens with one attached hydrogen (secondary N) is 1. The third-order valence-electron chi connectivity index (χ3n) is 3.05.